The zero-order valence-electron chi connectivity index (χ0n) is 12.8. The van der Waals surface area contributed by atoms with E-state index >= 15 is 0 Å². The van der Waals surface area contributed by atoms with Crippen LogP contribution in [-0.2, 0) is 14.8 Å². The lowest BCUT2D eigenvalue weighted by Gasteiger charge is -2.36. The van der Waals surface area contributed by atoms with Crippen LogP contribution in [0.3, 0.4) is 0 Å². The molecule has 5 nitrogen and oxygen atoms in total. The van der Waals surface area contributed by atoms with Crippen LogP contribution in [0.1, 0.15) is 19.8 Å². The first kappa shape index (κ1) is 16.3. The van der Waals surface area contributed by atoms with Gasteiger partial charge in [-0.15, -0.1) is 0 Å². The first-order valence-electron chi connectivity index (χ1n) is 7.06. The monoisotopic (exact) mass is 313 g/mol. The van der Waals surface area contributed by atoms with Crippen molar-refractivity contribution in [3.8, 4) is 5.75 Å². The predicted octanol–water partition coefficient (Wildman–Crippen LogP) is 2.13. The molecule has 0 aromatic heterocycles. The molecule has 118 valence electrons. The molecule has 2 rings (SSSR count). The summed E-state index contributed by atoms with van der Waals surface area (Å²) in [6, 6.07) is 6.58. The molecular formula is C15H23NO4S. The molecule has 0 spiro atoms. The van der Waals surface area contributed by atoms with E-state index in [0.717, 1.165) is 12.8 Å². The third-order valence-electron chi connectivity index (χ3n) is 4.05. The maximum atomic E-state index is 12.7. The Bertz CT molecular complexity index is 579. The van der Waals surface area contributed by atoms with Crippen molar-refractivity contribution in [3.63, 3.8) is 0 Å². The molecule has 1 saturated heterocycles. The lowest BCUT2D eigenvalue weighted by molar-refractivity contribution is 0.0175. The standard InChI is InChI=1S/C15H23NO4S/c1-15(7-9-20-10-8-15)12-16(2)21(17,18)14-6-4-5-13(11-14)19-3/h4-6,11H,7-10,12H2,1-3H3. The summed E-state index contributed by atoms with van der Waals surface area (Å²) < 4.78 is 37.2. The van der Waals surface area contributed by atoms with Crippen molar-refractivity contribution in [1.29, 1.82) is 0 Å². The summed E-state index contributed by atoms with van der Waals surface area (Å²) in [6.07, 6.45) is 1.76. The highest BCUT2D eigenvalue weighted by molar-refractivity contribution is 7.89. The van der Waals surface area contributed by atoms with Crippen molar-refractivity contribution in [3.05, 3.63) is 24.3 Å². The Balaban J connectivity index is 2.18. The molecule has 1 aliphatic heterocycles. The largest absolute Gasteiger partial charge is 0.497 e. The van der Waals surface area contributed by atoms with Crippen molar-refractivity contribution < 1.29 is 17.9 Å². The van der Waals surface area contributed by atoms with E-state index in [1.807, 2.05) is 0 Å². The summed E-state index contributed by atoms with van der Waals surface area (Å²) in [5.74, 6) is 0.543. The van der Waals surface area contributed by atoms with Crippen LogP contribution < -0.4 is 4.74 Å². The molecule has 1 aromatic carbocycles. The van der Waals surface area contributed by atoms with Gasteiger partial charge in [0.25, 0.3) is 0 Å². The molecule has 21 heavy (non-hydrogen) atoms. The zero-order valence-corrected chi connectivity index (χ0v) is 13.6. The van der Waals surface area contributed by atoms with E-state index in [1.165, 1.54) is 11.4 Å². The number of hydrogen-bond donors (Lipinski definition) is 0. The quantitative estimate of drug-likeness (QED) is 0.835. The molecule has 0 atom stereocenters. The van der Waals surface area contributed by atoms with Gasteiger partial charge in [-0.25, -0.2) is 12.7 Å². The topological polar surface area (TPSA) is 55.8 Å². The summed E-state index contributed by atoms with van der Waals surface area (Å²) >= 11 is 0. The van der Waals surface area contributed by atoms with Crippen LogP contribution in [0.15, 0.2) is 29.2 Å². The molecular weight excluding hydrogens is 290 g/mol. The van der Waals surface area contributed by atoms with Crippen LogP contribution in [0, 0.1) is 5.41 Å². The molecule has 0 radical (unpaired) electrons. The number of rotatable bonds is 5. The minimum atomic E-state index is -3.50. The van der Waals surface area contributed by atoms with Gasteiger partial charge in [-0.2, -0.15) is 0 Å². The molecule has 0 aliphatic carbocycles. The third-order valence-corrected chi connectivity index (χ3v) is 5.85. The predicted molar refractivity (Wildman–Crippen MR) is 81.0 cm³/mol. The molecule has 0 unspecified atom stereocenters. The zero-order chi connectivity index (χ0) is 15.5. The van der Waals surface area contributed by atoms with Gasteiger partial charge < -0.3 is 9.47 Å². The molecule has 1 fully saturated rings. The Morgan fingerprint density at radius 1 is 1.33 bits per heavy atom. The highest BCUT2D eigenvalue weighted by Gasteiger charge is 2.33. The van der Waals surface area contributed by atoms with E-state index in [2.05, 4.69) is 6.92 Å². The van der Waals surface area contributed by atoms with Crippen LogP contribution in [0.2, 0.25) is 0 Å². The Morgan fingerprint density at radius 3 is 2.62 bits per heavy atom. The summed E-state index contributed by atoms with van der Waals surface area (Å²) in [6.45, 7) is 4.01. The first-order chi connectivity index (χ1) is 9.87. The molecule has 1 heterocycles. The van der Waals surface area contributed by atoms with Gasteiger partial charge in [0, 0.05) is 32.9 Å². The number of ether oxygens (including phenoxy) is 2. The Hall–Kier alpha value is -1.11. The van der Waals surface area contributed by atoms with E-state index in [1.54, 1.807) is 31.3 Å². The Kier molecular flexibility index (Phi) is 4.91. The lowest BCUT2D eigenvalue weighted by Crippen LogP contribution is -2.40. The van der Waals surface area contributed by atoms with Gasteiger partial charge in [-0.1, -0.05) is 13.0 Å². The fourth-order valence-electron chi connectivity index (χ4n) is 2.59. The molecule has 0 bridgehead atoms. The number of nitrogens with zero attached hydrogens (tertiary/aromatic N) is 1. The minimum Gasteiger partial charge on any atom is -0.497 e. The van der Waals surface area contributed by atoms with Crippen molar-refractivity contribution in [2.75, 3.05) is 33.9 Å². The molecule has 0 saturated carbocycles. The smallest absolute Gasteiger partial charge is 0.242 e. The van der Waals surface area contributed by atoms with E-state index in [0.29, 0.717) is 25.5 Å². The van der Waals surface area contributed by atoms with E-state index in [-0.39, 0.29) is 10.3 Å². The first-order valence-corrected chi connectivity index (χ1v) is 8.50. The number of sulfonamides is 1. The van der Waals surface area contributed by atoms with Gasteiger partial charge in [0.05, 0.1) is 12.0 Å². The second-order valence-corrected chi connectivity index (χ2v) is 7.91. The summed E-state index contributed by atoms with van der Waals surface area (Å²) in [7, 11) is -0.336. The summed E-state index contributed by atoms with van der Waals surface area (Å²) in [5.41, 5.74) is -0.0288. The molecule has 1 aromatic rings. The van der Waals surface area contributed by atoms with Gasteiger partial charge in [0.1, 0.15) is 5.75 Å². The van der Waals surface area contributed by atoms with Gasteiger partial charge >= 0.3 is 0 Å². The average Bonchev–Trinajstić information content (AvgIpc) is 2.47. The summed E-state index contributed by atoms with van der Waals surface area (Å²) in [5, 5.41) is 0. The van der Waals surface area contributed by atoms with Gasteiger partial charge in [0.2, 0.25) is 10.0 Å². The van der Waals surface area contributed by atoms with Crippen molar-refractivity contribution in [2.45, 2.75) is 24.7 Å². The number of benzene rings is 1. The Morgan fingerprint density at radius 2 is 2.00 bits per heavy atom. The second kappa shape index (κ2) is 6.34. The second-order valence-electron chi connectivity index (χ2n) is 5.86. The van der Waals surface area contributed by atoms with Crippen molar-refractivity contribution in [2.24, 2.45) is 5.41 Å². The maximum absolute atomic E-state index is 12.7. The minimum absolute atomic E-state index is 0.0288. The Labute approximate surface area is 126 Å². The van der Waals surface area contributed by atoms with E-state index < -0.39 is 10.0 Å². The third kappa shape index (κ3) is 3.75. The molecule has 0 amide bonds. The van der Waals surface area contributed by atoms with Gasteiger partial charge in [-0.05, 0) is 30.4 Å². The number of methoxy groups -OCH3 is 1. The molecule has 6 heteroatoms. The van der Waals surface area contributed by atoms with E-state index in [9.17, 15) is 8.42 Å². The van der Waals surface area contributed by atoms with E-state index in [4.69, 9.17) is 9.47 Å². The van der Waals surface area contributed by atoms with Crippen LogP contribution in [0.5, 0.6) is 5.75 Å². The average molecular weight is 313 g/mol. The highest BCUT2D eigenvalue weighted by Crippen LogP contribution is 2.32. The normalized spacial score (nSPS) is 18.7. The summed E-state index contributed by atoms with van der Waals surface area (Å²) in [4.78, 5) is 0.264. The fraction of sp³-hybridized carbons (Fsp3) is 0.600. The molecule has 0 N–H and O–H groups in total. The van der Waals surface area contributed by atoms with Crippen molar-refractivity contribution in [1.82, 2.24) is 4.31 Å². The SMILES string of the molecule is COc1cccc(S(=O)(=O)N(C)CC2(C)CCOCC2)c1. The molecule has 1 aliphatic rings. The number of hydrogen-bond acceptors (Lipinski definition) is 4. The van der Waals surface area contributed by atoms with Crippen LogP contribution in [-0.4, -0.2) is 46.6 Å². The van der Waals surface area contributed by atoms with Crippen LogP contribution >= 0.6 is 0 Å². The maximum Gasteiger partial charge on any atom is 0.242 e. The highest BCUT2D eigenvalue weighted by atomic mass is 32.2. The van der Waals surface area contributed by atoms with Crippen LogP contribution in [0.25, 0.3) is 0 Å². The lowest BCUT2D eigenvalue weighted by atomic mass is 9.82. The fourth-order valence-corrected chi connectivity index (χ4v) is 3.94. The van der Waals surface area contributed by atoms with Gasteiger partial charge in [0.15, 0.2) is 0 Å². The van der Waals surface area contributed by atoms with Crippen LogP contribution in [0.4, 0.5) is 0 Å². The van der Waals surface area contributed by atoms with Crippen molar-refractivity contribution >= 4 is 10.0 Å². The van der Waals surface area contributed by atoms with Gasteiger partial charge in [-0.3, -0.25) is 0 Å².